The van der Waals surface area contributed by atoms with E-state index in [0.29, 0.717) is 16.4 Å². The normalized spacial score (nSPS) is 27.0. The molecule has 2 amide bonds. The molecule has 0 saturated carbocycles. The SMILES string of the molecule is CC1(C)S[C@@H]2C(NC(=O)C(N)c3ccccc3Cl)C(=O)N2C1c1nnn[nH]1. The zero-order valence-corrected chi connectivity index (χ0v) is 16.2. The van der Waals surface area contributed by atoms with E-state index in [1.807, 2.05) is 13.8 Å². The maximum absolute atomic E-state index is 12.7. The van der Waals surface area contributed by atoms with E-state index in [9.17, 15) is 9.59 Å². The quantitative estimate of drug-likeness (QED) is 0.638. The minimum Gasteiger partial charge on any atom is -0.340 e. The Balaban J connectivity index is 1.50. The second-order valence-electron chi connectivity index (χ2n) is 7.03. The maximum atomic E-state index is 12.7. The van der Waals surface area contributed by atoms with E-state index >= 15 is 0 Å². The lowest BCUT2D eigenvalue weighted by molar-refractivity contribution is -0.152. The first-order valence-corrected chi connectivity index (χ1v) is 9.61. The number of nitrogens with one attached hydrogen (secondary N) is 2. The van der Waals surface area contributed by atoms with Crippen LogP contribution in [0.3, 0.4) is 0 Å². The fourth-order valence-electron chi connectivity index (χ4n) is 3.58. The van der Waals surface area contributed by atoms with Crippen molar-refractivity contribution >= 4 is 35.2 Å². The van der Waals surface area contributed by atoms with Gasteiger partial charge in [-0.25, -0.2) is 5.10 Å². The number of hydrogen-bond acceptors (Lipinski definition) is 7. The third-order valence-electron chi connectivity index (χ3n) is 4.88. The highest BCUT2D eigenvalue weighted by atomic mass is 35.5. The van der Waals surface area contributed by atoms with E-state index in [-0.39, 0.29) is 22.1 Å². The highest BCUT2D eigenvalue weighted by Gasteiger charge is 2.63. The van der Waals surface area contributed by atoms with Crippen molar-refractivity contribution in [3.8, 4) is 0 Å². The number of carbonyl (C=O) groups excluding carboxylic acids is 2. The predicted molar refractivity (Wildman–Crippen MR) is 99.5 cm³/mol. The van der Waals surface area contributed by atoms with Crippen molar-refractivity contribution in [1.82, 2.24) is 30.8 Å². The number of H-pyrrole nitrogens is 1. The van der Waals surface area contributed by atoms with Crippen LogP contribution in [0.15, 0.2) is 24.3 Å². The van der Waals surface area contributed by atoms with Crippen LogP contribution in [0.1, 0.15) is 37.3 Å². The molecule has 0 radical (unpaired) electrons. The van der Waals surface area contributed by atoms with Crippen molar-refractivity contribution in [2.24, 2.45) is 5.73 Å². The molecule has 0 bridgehead atoms. The van der Waals surface area contributed by atoms with Crippen molar-refractivity contribution in [2.75, 3.05) is 0 Å². The molecule has 2 aromatic rings. The summed E-state index contributed by atoms with van der Waals surface area (Å²) >= 11 is 7.71. The molecule has 1 aromatic carbocycles. The van der Waals surface area contributed by atoms with Crippen LogP contribution in [-0.4, -0.2) is 53.5 Å². The Labute approximate surface area is 164 Å². The molecule has 0 aliphatic carbocycles. The molecule has 4 atom stereocenters. The summed E-state index contributed by atoms with van der Waals surface area (Å²) in [4.78, 5) is 27.0. The Morgan fingerprint density at radius 2 is 2.19 bits per heavy atom. The van der Waals surface area contributed by atoms with Gasteiger partial charge in [0.25, 0.3) is 0 Å². The number of aromatic amines is 1. The van der Waals surface area contributed by atoms with Crippen LogP contribution in [0.5, 0.6) is 0 Å². The van der Waals surface area contributed by atoms with Gasteiger partial charge in [0.1, 0.15) is 23.5 Å². The highest BCUT2D eigenvalue weighted by Crippen LogP contribution is 2.56. The van der Waals surface area contributed by atoms with Gasteiger partial charge in [0.15, 0.2) is 5.82 Å². The van der Waals surface area contributed by atoms with Gasteiger partial charge in [-0.1, -0.05) is 29.8 Å². The number of halogens is 1. The molecule has 9 nitrogen and oxygen atoms in total. The second-order valence-corrected chi connectivity index (χ2v) is 9.21. The molecule has 11 heteroatoms. The van der Waals surface area contributed by atoms with Crippen molar-refractivity contribution < 1.29 is 9.59 Å². The summed E-state index contributed by atoms with van der Waals surface area (Å²) < 4.78 is -0.314. The average Bonchev–Trinajstić information content (AvgIpc) is 3.23. The number of hydrogen-bond donors (Lipinski definition) is 3. The number of thioether (sulfide) groups is 1. The summed E-state index contributed by atoms with van der Waals surface area (Å²) in [6.07, 6.45) is 0. The van der Waals surface area contributed by atoms with Crippen molar-refractivity contribution in [2.45, 2.75) is 42.1 Å². The van der Waals surface area contributed by atoms with Gasteiger partial charge in [0.2, 0.25) is 11.8 Å². The minimum absolute atomic E-state index is 0.181. The zero-order valence-electron chi connectivity index (χ0n) is 14.6. The number of benzene rings is 1. The van der Waals surface area contributed by atoms with Crippen LogP contribution in [-0.2, 0) is 9.59 Å². The number of nitrogens with zero attached hydrogens (tertiary/aromatic N) is 4. The maximum Gasteiger partial charge on any atom is 0.249 e. The Morgan fingerprint density at radius 3 is 2.85 bits per heavy atom. The fraction of sp³-hybridized carbons (Fsp3) is 0.438. The van der Waals surface area contributed by atoms with Crippen LogP contribution in [0, 0.1) is 0 Å². The van der Waals surface area contributed by atoms with E-state index in [2.05, 4.69) is 25.9 Å². The summed E-state index contributed by atoms with van der Waals surface area (Å²) in [6, 6.07) is 5.01. The van der Waals surface area contributed by atoms with Crippen molar-refractivity contribution in [3.05, 3.63) is 40.7 Å². The molecule has 27 heavy (non-hydrogen) atoms. The van der Waals surface area contributed by atoms with E-state index < -0.39 is 18.0 Å². The Kier molecular flexibility index (Phi) is 4.36. The molecule has 4 N–H and O–H groups in total. The molecule has 0 spiro atoms. The van der Waals surface area contributed by atoms with E-state index in [1.54, 1.807) is 40.9 Å². The molecular weight excluding hydrogens is 390 g/mol. The number of amides is 2. The Hall–Kier alpha value is -2.17. The monoisotopic (exact) mass is 407 g/mol. The number of aromatic nitrogens is 4. The molecule has 2 aliphatic rings. The first-order chi connectivity index (χ1) is 12.8. The third kappa shape index (κ3) is 2.88. The van der Waals surface area contributed by atoms with Crippen LogP contribution >= 0.6 is 23.4 Å². The fourth-order valence-corrected chi connectivity index (χ4v) is 5.47. The summed E-state index contributed by atoms with van der Waals surface area (Å²) in [5.41, 5.74) is 6.57. The number of tetrazole rings is 1. The summed E-state index contributed by atoms with van der Waals surface area (Å²) in [7, 11) is 0. The van der Waals surface area contributed by atoms with E-state index in [1.165, 1.54) is 0 Å². The largest absolute Gasteiger partial charge is 0.340 e. The Morgan fingerprint density at radius 1 is 1.44 bits per heavy atom. The minimum atomic E-state index is -0.950. The first-order valence-electron chi connectivity index (χ1n) is 8.35. The second kappa shape index (κ2) is 6.47. The summed E-state index contributed by atoms with van der Waals surface area (Å²) in [5.74, 6) is -0.0932. The number of nitrogens with two attached hydrogens (primary N) is 1. The van der Waals surface area contributed by atoms with Crippen LogP contribution < -0.4 is 11.1 Å². The van der Waals surface area contributed by atoms with Crippen LogP contribution in [0.25, 0.3) is 0 Å². The summed E-state index contributed by atoms with van der Waals surface area (Å²) in [5, 5.41) is 16.9. The van der Waals surface area contributed by atoms with Crippen LogP contribution in [0.4, 0.5) is 0 Å². The molecule has 142 valence electrons. The van der Waals surface area contributed by atoms with Gasteiger partial charge in [-0.3, -0.25) is 9.59 Å². The lowest BCUT2D eigenvalue weighted by atomic mass is 9.95. The molecule has 3 heterocycles. The average molecular weight is 408 g/mol. The first kappa shape index (κ1) is 18.2. The smallest absolute Gasteiger partial charge is 0.249 e. The number of β-lactam (4-membered cyclic amide) rings is 1. The standard InChI is InChI=1S/C16H18ClN7O2S/c1-16(2)11(12-20-22-23-21-12)24-14(26)10(15(24)27-16)19-13(25)9(18)7-5-3-4-6-8(7)17/h3-6,9-11,15H,18H2,1-2H3,(H,19,25)(H,20,21,22,23)/t9?,10?,11?,15-/m1/s1. The van der Waals surface area contributed by atoms with Gasteiger partial charge < -0.3 is 16.0 Å². The molecule has 2 fully saturated rings. The molecule has 3 unspecified atom stereocenters. The lowest BCUT2D eigenvalue weighted by Gasteiger charge is -2.44. The van der Waals surface area contributed by atoms with Gasteiger partial charge >= 0.3 is 0 Å². The van der Waals surface area contributed by atoms with Gasteiger partial charge in [-0.2, -0.15) is 0 Å². The molecular formula is C16H18ClN7O2S. The molecule has 1 aromatic heterocycles. The topological polar surface area (TPSA) is 130 Å². The van der Waals surface area contributed by atoms with Gasteiger partial charge in [0.05, 0.1) is 0 Å². The number of carbonyl (C=O) groups is 2. The third-order valence-corrected chi connectivity index (χ3v) is 6.80. The van der Waals surface area contributed by atoms with E-state index in [0.717, 1.165) is 0 Å². The van der Waals surface area contributed by atoms with Gasteiger partial charge in [-0.05, 0) is 35.9 Å². The predicted octanol–water partition coefficient (Wildman–Crippen LogP) is 0.773. The van der Waals surface area contributed by atoms with Gasteiger partial charge in [0, 0.05) is 9.77 Å². The van der Waals surface area contributed by atoms with Crippen molar-refractivity contribution in [1.29, 1.82) is 0 Å². The zero-order chi connectivity index (χ0) is 19.3. The number of fused-ring (bicyclic) bond motifs is 1. The van der Waals surface area contributed by atoms with Gasteiger partial charge in [-0.15, -0.1) is 16.9 Å². The van der Waals surface area contributed by atoms with Crippen LogP contribution in [0.2, 0.25) is 5.02 Å². The summed E-state index contributed by atoms with van der Waals surface area (Å²) in [6.45, 7) is 4.04. The molecule has 2 saturated heterocycles. The Bertz CT molecular complexity index is 891. The number of rotatable bonds is 4. The molecule has 4 rings (SSSR count). The van der Waals surface area contributed by atoms with E-state index in [4.69, 9.17) is 17.3 Å². The lowest BCUT2D eigenvalue weighted by Crippen LogP contribution is -2.68. The van der Waals surface area contributed by atoms with Crippen molar-refractivity contribution in [3.63, 3.8) is 0 Å². The highest BCUT2D eigenvalue weighted by molar-refractivity contribution is 8.01. The molecule has 2 aliphatic heterocycles.